The second-order valence-electron chi connectivity index (χ2n) is 3.32. The molecule has 0 aliphatic heterocycles. The summed E-state index contributed by atoms with van der Waals surface area (Å²) in [6.45, 7) is 4.10. The third-order valence-electron chi connectivity index (χ3n) is 1.98. The maximum atomic E-state index is 6.01. The van der Waals surface area contributed by atoms with Crippen LogP contribution in [-0.2, 0) is 0 Å². The van der Waals surface area contributed by atoms with Gasteiger partial charge in [-0.25, -0.2) is 9.97 Å². The molecule has 0 spiro atoms. The molecule has 0 N–H and O–H groups in total. The van der Waals surface area contributed by atoms with Crippen molar-refractivity contribution in [1.29, 1.82) is 0 Å². The molecule has 0 fully saturated rings. The monoisotopic (exact) mass is 273 g/mol. The minimum Gasteiger partial charge on any atom is -0.297 e. The molecular weight excluding hydrogens is 265 g/mol. The van der Waals surface area contributed by atoms with Gasteiger partial charge in [0.15, 0.2) is 5.65 Å². The Kier molecular flexibility index (Phi) is 2.49. The predicted octanol–water partition coefficient (Wildman–Crippen LogP) is 3.43. The highest BCUT2D eigenvalue weighted by Gasteiger charge is 2.12. The van der Waals surface area contributed by atoms with Gasteiger partial charge in [-0.05, 0) is 53.5 Å². The van der Waals surface area contributed by atoms with Gasteiger partial charge in [0.2, 0.25) is 5.28 Å². The molecule has 74 valence electrons. The zero-order chi connectivity index (χ0) is 10.3. The van der Waals surface area contributed by atoms with E-state index in [-0.39, 0.29) is 6.04 Å². The van der Waals surface area contributed by atoms with E-state index in [1.807, 2.05) is 16.7 Å². The van der Waals surface area contributed by atoms with Gasteiger partial charge in [0.25, 0.3) is 0 Å². The van der Waals surface area contributed by atoms with Crippen molar-refractivity contribution in [1.82, 2.24) is 14.5 Å². The van der Waals surface area contributed by atoms with Crippen molar-refractivity contribution in [2.75, 3.05) is 0 Å². The van der Waals surface area contributed by atoms with E-state index in [9.17, 15) is 0 Å². The second-order valence-corrected chi connectivity index (χ2v) is 4.47. The fourth-order valence-corrected chi connectivity index (χ4v) is 2.05. The summed E-state index contributed by atoms with van der Waals surface area (Å²) in [4.78, 5) is 8.57. The molecule has 14 heavy (non-hydrogen) atoms. The van der Waals surface area contributed by atoms with Crippen LogP contribution in [0.1, 0.15) is 19.9 Å². The number of hydrogen-bond donors (Lipinski definition) is 0. The summed E-state index contributed by atoms with van der Waals surface area (Å²) in [6.07, 6.45) is 0. The quantitative estimate of drug-likeness (QED) is 0.746. The number of imidazole rings is 1. The SMILES string of the molecule is CC(C)n1c(Cl)nc2ccc(Br)nc21. The van der Waals surface area contributed by atoms with E-state index >= 15 is 0 Å². The van der Waals surface area contributed by atoms with Crippen LogP contribution in [0, 0.1) is 0 Å². The first-order valence-electron chi connectivity index (χ1n) is 4.29. The van der Waals surface area contributed by atoms with Crippen LogP contribution in [0.2, 0.25) is 5.28 Å². The highest BCUT2D eigenvalue weighted by atomic mass is 79.9. The van der Waals surface area contributed by atoms with E-state index in [1.54, 1.807) is 0 Å². The Morgan fingerprint density at radius 1 is 1.36 bits per heavy atom. The van der Waals surface area contributed by atoms with Gasteiger partial charge in [0.1, 0.15) is 10.1 Å². The van der Waals surface area contributed by atoms with Crippen LogP contribution < -0.4 is 0 Å². The van der Waals surface area contributed by atoms with Crippen molar-refractivity contribution < 1.29 is 0 Å². The molecule has 0 bridgehead atoms. The van der Waals surface area contributed by atoms with Crippen LogP contribution in [0.5, 0.6) is 0 Å². The van der Waals surface area contributed by atoms with E-state index in [2.05, 4.69) is 39.7 Å². The average molecular weight is 275 g/mol. The zero-order valence-corrected chi connectivity index (χ0v) is 10.2. The molecule has 0 unspecified atom stereocenters. The Morgan fingerprint density at radius 2 is 2.07 bits per heavy atom. The van der Waals surface area contributed by atoms with Crippen LogP contribution in [0.3, 0.4) is 0 Å². The van der Waals surface area contributed by atoms with Crippen molar-refractivity contribution in [2.24, 2.45) is 0 Å². The van der Waals surface area contributed by atoms with E-state index in [1.165, 1.54) is 0 Å². The molecule has 2 aromatic rings. The van der Waals surface area contributed by atoms with Crippen molar-refractivity contribution in [2.45, 2.75) is 19.9 Å². The van der Waals surface area contributed by atoms with E-state index in [0.717, 1.165) is 15.8 Å². The Bertz CT molecular complexity index is 478. The maximum absolute atomic E-state index is 6.01. The molecule has 5 heteroatoms. The highest BCUT2D eigenvalue weighted by molar-refractivity contribution is 9.10. The summed E-state index contributed by atoms with van der Waals surface area (Å²) in [5.41, 5.74) is 1.64. The number of fused-ring (bicyclic) bond motifs is 1. The van der Waals surface area contributed by atoms with Crippen molar-refractivity contribution >= 4 is 38.7 Å². The van der Waals surface area contributed by atoms with Gasteiger partial charge in [-0.3, -0.25) is 4.57 Å². The maximum Gasteiger partial charge on any atom is 0.205 e. The highest BCUT2D eigenvalue weighted by Crippen LogP contribution is 2.23. The molecular formula is C9H9BrClN3. The first kappa shape index (κ1) is 9.93. The minimum atomic E-state index is 0.259. The zero-order valence-electron chi connectivity index (χ0n) is 7.83. The Labute approximate surface area is 95.2 Å². The summed E-state index contributed by atoms with van der Waals surface area (Å²) in [5, 5.41) is 0.487. The molecule has 0 atom stereocenters. The average Bonchev–Trinajstić information content (AvgIpc) is 2.40. The van der Waals surface area contributed by atoms with Gasteiger partial charge in [-0.2, -0.15) is 0 Å². The molecule has 0 aliphatic carbocycles. The number of aromatic nitrogens is 3. The van der Waals surface area contributed by atoms with Gasteiger partial charge >= 0.3 is 0 Å². The number of rotatable bonds is 1. The Hall–Kier alpha value is -0.610. The summed E-state index contributed by atoms with van der Waals surface area (Å²) < 4.78 is 2.70. The molecule has 0 radical (unpaired) electrons. The molecule has 0 saturated carbocycles. The molecule has 2 rings (SSSR count). The van der Waals surface area contributed by atoms with Crippen LogP contribution in [0.4, 0.5) is 0 Å². The summed E-state index contributed by atoms with van der Waals surface area (Å²) >= 11 is 9.34. The molecule has 0 aromatic carbocycles. The third-order valence-corrected chi connectivity index (χ3v) is 2.68. The summed E-state index contributed by atoms with van der Waals surface area (Å²) in [5.74, 6) is 0. The fraction of sp³-hybridized carbons (Fsp3) is 0.333. The lowest BCUT2D eigenvalue weighted by atomic mass is 10.4. The van der Waals surface area contributed by atoms with Crippen LogP contribution >= 0.6 is 27.5 Å². The smallest absolute Gasteiger partial charge is 0.205 e. The van der Waals surface area contributed by atoms with Gasteiger partial charge in [0.05, 0.1) is 0 Å². The van der Waals surface area contributed by atoms with Crippen molar-refractivity contribution in [3.05, 3.63) is 22.0 Å². The molecule has 0 saturated heterocycles. The Morgan fingerprint density at radius 3 is 2.71 bits per heavy atom. The second kappa shape index (κ2) is 3.51. The lowest BCUT2D eigenvalue weighted by Gasteiger charge is -2.08. The largest absolute Gasteiger partial charge is 0.297 e. The summed E-state index contributed by atoms with van der Waals surface area (Å²) in [7, 11) is 0. The van der Waals surface area contributed by atoms with Crippen LogP contribution in [0.25, 0.3) is 11.2 Å². The predicted molar refractivity (Wildman–Crippen MR) is 60.6 cm³/mol. The van der Waals surface area contributed by atoms with Crippen molar-refractivity contribution in [3.8, 4) is 0 Å². The van der Waals surface area contributed by atoms with Crippen LogP contribution in [-0.4, -0.2) is 14.5 Å². The molecule has 2 aromatic heterocycles. The lowest BCUT2D eigenvalue weighted by Crippen LogP contribution is -2.01. The summed E-state index contributed by atoms with van der Waals surface area (Å²) in [6, 6.07) is 4.02. The first-order chi connectivity index (χ1) is 6.59. The van der Waals surface area contributed by atoms with Gasteiger partial charge < -0.3 is 0 Å². The molecule has 2 heterocycles. The molecule has 3 nitrogen and oxygen atoms in total. The number of halogens is 2. The number of hydrogen-bond acceptors (Lipinski definition) is 2. The molecule has 0 aliphatic rings. The van der Waals surface area contributed by atoms with Crippen molar-refractivity contribution in [3.63, 3.8) is 0 Å². The normalized spacial score (nSPS) is 11.5. The third kappa shape index (κ3) is 1.53. The van der Waals surface area contributed by atoms with E-state index < -0.39 is 0 Å². The van der Waals surface area contributed by atoms with E-state index in [4.69, 9.17) is 11.6 Å². The first-order valence-corrected chi connectivity index (χ1v) is 5.46. The Balaban J connectivity index is 2.79. The van der Waals surface area contributed by atoms with Crippen LogP contribution in [0.15, 0.2) is 16.7 Å². The van der Waals surface area contributed by atoms with E-state index in [0.29, 0.717) is 5.28 Å². The topological polar surface area (TPSA) is 30.7 Å². The minimum absolute atomic E-state index is 0.259. The number of pyridine rings is 1. The van der Waals surface area contributed by atoms with Gasteiger partial charge in [0, 0.05) is 6.04 Å². The lowest BCUT2D eigenvalue weighted by molar-refractivity contribution is 0.613. The van der Waals surface area contributed by atoms with Gasteiger partial charge in [-0.1, -0.05) is 0 Å². The molecule has 0 amide bonds. The fourth-order valence-electron chi connectivity index (χ4n) is 1.38. The van der Waals surface area contributed by atoms with Gasteiger partial charge in [-0.15, -0.1) is 0 Å². The number of nitrogens with zero attached hydrogens (tertiary/aromatic N) is 3. The standard InChI is InChI=1S/C9H9BrClN3/c1-5(2)14-8-6(12-9(14)11)3-4-7(10)13-8/h3-5H,1-2H3.